The van der Waals surface area contributed by atoms with Crippen LogP contribution in [0.2, 0.25) is 0 Å². The summed E-state index contributed by atoms with van der Waals surface area (Å²) in [7, 11) is 2.08. The number of nitrogens with zero attached hydrogens (tertiary/aromatic N) is 9. The molecule has 0 spiro atoms. The van der Waals surface area contributed by atoms with Crippen molar-refractivity contribution in [2.45, 2.75) is 0 Å². The number of rotatable bonds is 13. The largest absolute Gasteiger partial charge is 2.00 e. The van der Waals surface area contributed by atoms with Crippen molar-refractivity contribution in [3.05, 3.63) is 377 Å². The molecule has 0 aliphatic heterocycles. The third-order valence-electron chi connectivity index (χ3n) is 20.3. The Bertz CT molecular complexity index is 6980. The molecular weight excluding hydrogens is 1710 g/mol. The van der Waals surface area contributed by atoms with Crippen LogP contribution in [0.3, 0.4) is 0 Å². The number of imidazole rings is 1. The number of fused-ring (bicyclic) bond motifs is 12. The molecule has 0 unspecified atom stereocenters. The van der Waals surface area contributed by atoms with Crippen LogP contribution >= 0.6 is 0 Å². The second kappa shape index (κ2) is 29.1. The van der Waals surface area contributed by atoms with Gasteiger partial charge in [0, 0.05) is 65.1 Å². The first-order valence-corrected chi connectivity index (χ1v) is 35.9. The van der Waals surface area contributed by atoms with Crippen molar-refractivity contribution in [2.75, 3.05) is 0 Å². The SMILES string of the molecule is Cn1c(-c2ccccc2)cnc1-n1c2[c-]c3c(cc2c2ccccc21)c1ccc(-c2ccccc2)cc1n3-c1[c-]c(Oc2ccccn2)ccc1.[Pt+2].[Pt+2].[c-]1ccccc1Oc1cccc(-n2c3[c-]c4c(cc3c3ccc(-c5ccc(-c6ccccc6)cc5)cc32)c2ccccc2n4-c2cc(-c3ccccc3)ccn2)n1. The molecule has 0 aliphatic carbocycles. The summed E-state index contributed by atoms with van der Waals surface area (Å²) < 4.78 is 23.5. The molecule has 11 nitrogen and oxygen atoms in total. The average Bonchev–Trinajstić information content (AvgIpc) is 1.56. The van der Waals surface area contributed by atoms with E-state index in [9.17, 15) is 0 Å². The van der Waals surface area contributed by atoms with Gasteiger partial charge in [0.2, 0.25) is 17.7 Å². The van der Waals surface area contributed by atoms with Crippen molar-refractivity contribution in [1.29, 1.82) is 0 Å². The Morgan fingerprint density at radius 2 is 0.755 bits per heavy atom. The van der Waals surface area contributed by atoms with E-state index in [2.05, 4.69) is 296 Å². The fraction of sp³-hybridized carbons (Fsp3) is 0.0103. The van der Waals surface area contributed by atoms with Gasteiger partial charge in [0.05, 0.1) is 11.9 Å². The molecule has 0 saturated carbocycles. The molecule has 21 rings (SSSR count). The Hall–Kier alpha value is -13.3. The predicted molar refractivity (Wildman–Crippen MR) is 436 cm³/mol. The molecule has 21 aromatic rings. The van der Waals surface area contributed by atoms with Crippen molar-refractivity contribution in [3.63, 3.8) is 0 Å². The number of hydrogen-bond acceptors (Lipinski definition) is 6. The minimum Gasteiger partial charge on any atom is -0.466 e. The van der Waals surface area contributed by atoms with Gasteiger partial charge in [-0.1, -0.05) is 246 Å². The predicted octanol–water partition coefficient (Wildman–Crippen LogP) is 23.8. The summed E-state index contributed by atoms with van der Waals surface area (Å²) in [5, 5.41) is 8.94. The van der Waals surface area contributed by atoms with Crippen LogP contribution in [0, 0.1) is 24.3 Å². The third-order valence-corrected chi connectivity index (χ3v) is 20.3. The van der Waals surface area contributed by atoms with Gasteiger partial charge < -0.3 is 32.3 Å². The molecule has 13 heteroatoms. The van der Waals surface area contributed by atoms with E-state index in [1.807, 2.05) is 109 Å². The van der Waals surface area contributed by atoms with Crippen molar-refractivity contribution < 1.29 is 51.6 Å². The van der Waals surface area contributed by atoms with Gasteiger partial charge >= 0.3 is 42.1 Å². The fourth-order valence-electron chi connectivity index (χ4n) is 15.3. The molecule has 0 N–H and O–H groups in total. The fourth-order valence-corrected chi connectivity index (χ4v) is 15.3. The quantitative estimate of drug-likeness (QED) is 0.107. The molecule has 0 atom stereocenters. The van der Waals surface area contributed by atoms with E-state index >= 15 is 0 Å². The van der Waals surface area contributed by atoms with Crippen LogP contribution < -0.4 is 9.47 Å². The summed E-state index contributed by atoms with van der Waals surface area (Å²) >= 11 is 0. The Morgan fingerprint density at radius 3 is 1.36 bits per heavy atom. The summed E-state index contributed by atoms with van der Waals surface area (Å²) in [6, 6.07) is 130. The first-order valence-electron chi connectivity index (χ1n) is 35.9. The van der Waals surface area contributed by atoms with E-state index in [1.54, 1.807) is 6.20 Å². The van der Waals surface area contributed by atoms with E-state index in [1.165, 1.54) is 11.1 Å². The monoisotopic (exact) mass is 1770 g/mol. The molecule has 0 aliphatic rings. The van der Waals surface area contributed by atoms with Crippen molar-refractivity contribution in [1.82, 2.24) is 42.8 Å². The molecule has 0 radical (unpaired) electrons. The molecule has 13 aromatic carbocycles. The number of pyridine rings is 3. The topological polar surface area (TPSA) is 94.7 Å². The molecule has 0 bridgehead atoms. The molecule has 0 fully saturated rings. The number of ether oxygens (including phenoxy) is 2. The third kappa shape index (κ3) is 12.3. The molecule has 8 heterocycles. The smallest absolute Gasteiger partial charge is 0.466 e. The van der Waals surface area contributed by atoms with Crippen LogP contribution in [0.4, 0.5) is 0 Å². The molecular formula is C97H61N9O2Pt2. The zero-order valence-corrected chi connectivity index (χ0v) is 63.5. The van der Waals surface area contributed by atoms with Gasteiger partial charge in [-0.05, 0) is 120 Å². The van der Waals surface area contributed by atoms with Gasteiger partial charge in [0.15, 0.2) is 0 Å². The van der Waals surface area contributed by atoms with Gasteiger partial charge in [-0.25, -0.2) is 15.0 Å². The molecule has 110 heavy (non-hydrogen) atoms. The number of hydrogen-bond donors (Lipinski definition) is 0. The summed E-state index contributed by atoms with van der Waals surface area (Å²) in [4.78, 5) is 19.4. The van der Waals surface area contributed by atoms with Crippen molar-refractivity contribution in [2.24, 2.45) is 7.05 Å². The minimum atomic E-state index is 0. The van der Waals surface area contributed by atoms with Crippen molar-refractivity contribution >= 4 is 87.2 Å². The maximum Gasteiger partial charge on any atom is 2.00 e. The van der Waals surface area contributed by atoms with Gasteiger partial charge in [-0.15, -0.1) is 64.0 Å². The Labute approximate surface area is 662 Å². The molecule has 8 aromatic heterocycles. The van der Waals surface area contributed by atoms with E-state index in [0.717, 1.165) is 155 Å². The number of benzene rings is 13. The maximum atomic E-state index is 6.21. The Morgan fingerprint density at radius 1 is 0.291 bits per heavy atom. The van der Waals surface area contributed by atoms with Crippen LogP contribution in [-0.2, 0) is 49.2 Å². The van der Waals surface area contributed by atoms with Gasteiger partial charge in [-0.2, -0.15) is 41.4 Å². The van der Waals surface area contributed by atoms with Crippen LogP contribution in [0.25, 0.3) is 166 Å². The Balaban J connectivity index is 0.000000152. The minimum absolute atomic E-state index is 0. The summed E-state index contributed by atoms with van der Waals surface area (Å²) in [6.45, 7) is 0. The summed E-state index contributed by atoms with van der Waals surface area (Å²) in [5.41, 5.74) is 20.1. The summed E-state index contributed by atoms with van der Waals surface area (Å²) in [5.74, 6) is 4.56. The van der Waals surface area contributed by atoms with Gasteiger partial charge in [0.25, 0.3) is 0 Å². The van der Waals surface area contributed by atoms with Crippen molar-refractivity contribution in [3.8, 4) is 102 Å². The van der Waals surface area contributed by atoms with Crippen LogP contribution in [-0.4, -0.2) is 42.8 Å². The summed E-state index contributed by atoms with van der Waals surface area (Å²) in [6.07, 6.45) is 5.57. The zero-order valence-electron chi connectivity index (χ0n) is 59.0. The number of aromatic nitrogens is 9. The molecule has 0 saturated heterocycles. The first kappa shape index (κ1) is 68.5. The second-order valence-electron chi connectivity index (χ2n) is 26.7. The van der Waals surface area contributed by atoms with Crippen LogP contribution in [0.1, 0.15) is 0 Å². The molecule has 526 valence electrons. The van der Waals surface area contributed by atoms with E-state index < -0.39 is 0 Å². The van der Waals surface area contributed by atoms with Crippen LogP contribution in [0.5, 0.6) is 23.3 Å². The van der Waals surface area contributed by atoms with E-state index in [-0.39, 0.29) is 42.1 Å². The van der Waals surface area contributed by atoms with Gasteiger partial charge in [0.1, 0.15) is 11.6 Å². The molecule has 0 amide bonds. The second-order valence-corrected chi connectivity index (χ2v) is 26.7. The van der Waals surface area contributed by atoms with E-state index in [0.29, 0.717) is 23.3 Å². The van der Waals surface area contributed by atoms with Crippen LogP contribution in [0.15, 0.2) is 352 Å². The zero-order chi connectivity index (χ0) is 71.6. The maximum absolute atomic E-state index is 6.21. The van der Waals surface area contributed by atoms with E-state index in [4.69, 9.17) is 24.4 Å². The van der Waals surface area contributed by atoms with Gasteiger partial charge in [-0.3, -0.25) is 0 Å². The normalized spacial score (nSPS) is 11.4. The Kier molecular flexibility index (Phi) is 18.1. The average molecular weight is 1770 g/mol. The number of para-hydroxylation sites is 3. The standard InChI is InChI=1S/C52H32N4O.C45H29N5O.2Pt/c1-4-13-35(14-5-1)37-23-25-38(26-24-37)39-27-28-43-45-33-44-42-19-10-11-20-46(42)55(51-32-40(29-30-53-51)36-15-6-2-7-16-36)48(44)34-49(45)56(47(43)31-39)50-21-12-22-52(54-50)57-41-17-8-3-9-18-41;1-48-43(31-15-6-3-7-16-31)29-47-45(48)50-39-20-9-8-19-35(39)37-27-38-36-23-22-32(30-13-4-2-5-14-30)25-40(36)49(41(38)28-42(37)50)33-17-12-18-34(26-33)51-44-21-10-11-24-46-44;;/h1-17,19-33H;2-25,27,29H,1H3;;/q2*-2;2*+2. The first-order chi connectivity index (χ1) is 53.5.